The van der Waals surface area contributed by atoms with Crippen LogP contribution < -0.4 is 5.73 Å². The molecule has 0 aromatic carbocycles. The molecule has 66 valence electrons. The van der Waals surface area contributed by atoms with E-state index in [0.717, 1.165) is 18.8 Å². The molecule has 3 aliphatic rings. The van der Waals surface area contributed by atoms with E-state index in [-0.39, 0.29) is 5.60 Å². The van der Waals surface area contributed by atoms with Gasteiger partial charge in [0.2, 0.25) is 0 Å². The minimum Gasteiger partial charge on any atom is -0.363 e. The summed E-state index contributed by atoms with van der Waals surface area (Å²) in [5.41, 5.74) is 5.98. The van der Waals surface area contributed by atoms with Crippen LogP contribution in [-0.4, -0.2) is 17.7 Å². The zero-order valence-electron chi connectivity index (χ0n) is 7.36. The quantitative estimate of drug-likeness (QED) is 0.545. The van der Waals surface area contributed by atoms with E-state index in [2.05, 4.69) is 19.1 Å². The fraction of sp³-hybridized carbons (Fsp3) is 0.800. The van der Waals surface area contributed by atoms with Crippen molar-refractivity contribution in [1.29, 1.82) is 0 Å². The Labute approximate surface area is 72.8 Å². The average Bonchev–Trinajstić information content (AvgIpc) is 2.57. The van der Waals surface area contributed by atoms with E-state index in [9.17, 15) is 0 Å². The van der Waals surface area contributed by atoms with Gasteiger partial charge in [0.15, 0.2) is 0 Å². The first kappa shape index (κ1) is 7.10. The van der Waals surface area contributed by atoms with Gasteiger partial charge < -0.3 is 10.5 Å². The van der Waals surface area contributed by atoms with Crippen molar-refractivity contribution in [3.05, 3.63) is 12.2 Å². The molecule has 2 N–H and O–H groups in total. The van der Waals surface area contributed by atoms with Crippen LogP contribution in [-0.2, 0) is 4.74 Å². The van der Waals surface area contributed by atoms with Crippen LogP contribution >= 0.6 is 0 Å². The second-order valence-corrected chi connectivity index (χ2v) is 4.63. The van der Waals surface area contributed by atoms with Gasteiger partial charge in [-0.2, -0.15) is 0 Å². The van der Waals surface area contributed by atoms with Crippen molar-refractivity contribution in [3.63, 3.8) is 0 Å². The van der Waals surface area contributed by atoms with Gasteiger partial charge in [-0.05, 0) is 31.6 Å². The highest BCUT2D eigenvalue weighted by Gasteiger charge is 2.56. The zero-order valence-corrected chi connectivity index (χ0v) is 7.36. The lowest BCUT2D eigenvalue weighted by molar-refractivity contribution is 0.0210. The number of rotatable bonds is 0. The maximum Gasteiger partial charge on any atom is 0.0875 e. The third-order valence-corrected chi connectivity index (χ3v) is 3.81. The molecule has 0 aromatic rings. The predicted molar refractivity (Wildman–Crippen MR) is 46.6 cm³/mol. The smallest absolute Gasteiger partial charge is 0.0875 e. The predicted octanol–water partition coefficient (Wildman–Crippen LogP) is 1.07. The molecule has 0 radical (unpaired) electrons. The summed E-state index contributed by atoms with van der Waals surface area (Å²) in [5, 5.41) is 0. The lowest BCUT2D eigenvalue weighted by atomic mass is 9.79. The average molecular weight is 165 g/mol. The normalized spacial score (nSPS) is 61.2. The van der Waals surface area contributed by atoms with E-state index in [1.54, 1.807) is 0 Å². The molecule has 0 amide bonds. The van der Waals surface area contributed by atoms with Crippen LogP contribution in [0, 0.1) is 11.8 Å². The lowest BCUT2D eigenvalue weighted by Gasteiger charge is -2.25. The maximum absolute atomic E-state index is 5.95. The fourth-order valence-electron chi connectivity index (χ4n) is 3.23. The summed E-state index contributed by atoms with van der Waals surface area (Å²) in [6.45, 7) is 2.20. The van der Waals surface area contributed by atoms with Gasteiger partial charge in [0.1, 0.15) is 0 Å². The largest absolute Gasteiger partial charge is 0.363 e. The van der Waals surface area contributed by atoms with Crippen molar-refractivity contribution in [2.45, 2.75) is 37.5 Å². The molecule has 1 aliphatic carbocycles. The maximum atomic E-state index is 5.95. The summed E-state index contributed by atoms with van der Waals surface area (Å²) in [4.78, 5) is 0. The minimum absolute atomic E-state index is 0.0312. The molecule has 2 heterocycles. The molecule has 2 nitrogen and oxygen atoms in total. The molecule has 0 spiro atoms. The Morgan fingerprint density at radius 3 is 3.08 bits per heavy atom. The molecule has 2 bridgehead atoms. The van der Waals surface area contributed by atoms with E-state index in [0.29, 0.717) is 18.1 Å². The third kappa shape index (κ3) is 0.679. The van der Waals surface area contributed by atoms with Crippen molar-refractivity contribution in [1.82, 2.24) is 0 Å². The Morgan fingerprint density at radius 2 is 2.33 bits per heavy atom. The summed E-state index contributed by atoms with van der Waals surface area (Å²) >= 11 is 0. The topological polar surface area (TPSA) is 35.2 Å². The molecular formula is C10H15NO. The van der Waals surface area contributed by atoms with E-state index in [1.165, 1.54) is 0 Å². The fourth-order valence-corrected chi connectivity index (χ4v) is 3.23. The van der Waals surface area contributed by atoms with Gasteiger partial charge >= 0.3 is 0 Å². The molecule has 1 saturated heterocycles. The van der Waals surface area contributed by atoms with Gasteiger partial charge in [0.25, 0.3) is 0 Å². The Kier molecular flexibility index (Phi) is 1.15. The number of hydrogen-bond acceptors (Lipinski definition) is 2. The summed E-state index contributed by atoms with van der Waals surface area (Å²) in [6, 6.07) is 0.422. The van der Waals surface area contributed by atoms with Crippen molar-refractivity contribution in [3.8, 4) is 0 Å². The monoisotopic (exact) mass is 165 g/mol. The van der Waals surface area contributed by atoms with Crippen LogP contribution in [0.3, 0.4) is 0 Å². The van der Waals surface area contributed by atoms with E-state index < -0.39 is 0 Å². The first-order chi connectivity index (χ1) is 5.69. The van der Waals surface area contributed by atoms with Crippen molar-refractivity contribution in [2.75, 3.05) is 0 Å². The second kappa shape index (κ2) is 1.94. The van der Waals surface area contributed by atoms with Gasteiger partial charge in [0, 0.05) is 6.04 Å². The number of nitrogens with two attached hydrogens (primary N) is 1. The third-order valence-electron chi connectivity index (χ3n) is 3.81. The van der Waals surface area contributed by atoms with Crippen molar-refractivity contribution in [2.24, 2.45) is 17.6 Å². The van der Waals surface area contributed by atoms with E-state index in [4.69, 9.17) is 10.5 Å². The van der Waals surface area contributed by atoms with Gasteiger partial charge in [-0.3, -0.25) is 0 Å². The van der Waals surface area contributed by atoms with Crippen LogP contribution in [0.15, 0.2) is 12.2 Å². The van der Waals surface area contributed by atoms with Crippen molar-refractivity contribution < 1.29 is 4.74 Å². The lowest BCUT2D eigenvalue weighted by Crippen LogP contribution is -2.30. The highest BCUT2D eigenvalue weighted by atomic mass is 16.5. The summed E-state index contributed by atoms with van der Waals surface area (Å²) in [6.07, 6.45) is 7.15. The Bertz CT molecular complexity index is 250. The van der Waals surface area contributed by atoms with Crippen LogP contribution in [0.1, 0.15) is 19.8 Å². The molecule has 0 aromatic heterocycles. The summed E-state index contributed by atoms with van der Waals surface area (Å²) in [7, 11) is 0. The van der Waals surface area contributed by atoms with Gasteiger partial charge in [-0.1, -0.05) is 12.2 Å². The van der Waals surface area contributed by atoms with E-state index >= 15 is 0 Å². The van der Waals surface area contributed by atoms with Crippen LogP contribution in [0.4, 0.5) is 0 Å². The van der Waals surface area contributed by atoms with Gasteiger partial charge in [-0.15, -0.1) is 0 Å². The Morgan fingerprint density at radius 1 is 1.50 bits per heavy atom. The molecule has 5 unspecified atom stereocenters. The molecule has 5 atom stereocenters. The van der Waals surface area contributed by atoms with Crippen LogP contribution in [0.25, 0.3) is 0 Å². The molecule has 12 heavy (non-hydrogen) atoms. The standard InChI is InChI=1S/C10H15NO/c1-10-3-2-9(12-10)7-4-6(11)5-8(7)10/h2-3,6-9H,4-5,11H2,1H3. The van der Waals surface area contributed by atoms with E-state index in [1.807, 2.05) is 0 Å². The Hall–Kier alpha value is -0.340. The first-order valence-electron chi connectivity index (χ1n) is 4.82. The highest BCUT2D eigenvalue weighted by molar-refractivity contribution is 5.23. The van der Waals surface area contributed by atoms with Crippen LogP contribution in [0.5, 0.6) is 0 Å². The molecule has 2 fully saturated rings. The number of ether oxygens (including phenoxy) is 1. The summed E-state index contributed by atoms with van der Waals surface area (Å²) in [5.74, 6) is 1.41. The molecule has 3 rings (SSSR count). The van der Waals surface area contributed by atoms with Crippen molar-refractivity contribution >= 4 is 0 Å². The SMILES string of the molecule is CC12C=CC(O1)C1CC(N)CC12. The minimum atomic E-state index is 0.0312. The molecule has 2 aliphatic heterocycles. The zero-order chi connectivity index (χ0) is 8.34. The number of fused-ring (bicyclic) bond motifs is 5. The molecule has 2 heteroatoms. The van der Waals surface area contributed by atoms with Gasteiger partial charge in [0.05, 0.1) is 11.7 Å². The first-order valence-corrected chi connectivity index (χ1v) is 4.82. The second-order valence-electron chi connectivity index (χ2n) is 4.63. The number of hydrogen-bond donors (Lipinski definition) is 1. The summed E-state index contributed by atoms with van der Waals surface area (Å²) < 4.78 is 5.91. The molecule has 1 saturated carbocycles. The van der Waals surface area contributed by atoms with Gasteiger partial charge in [-0.25, -0.2) is 0 Å². The van der Waals surface area contributed by atoms with Crippen LogP contribution in [0.2, 0.25) is 0 Å². The molecular weight excluding hydrogens is 150 g/mol. The Balaban J connectivity index is 1.98. The highest BCUT2D eigenvalue weighted by Crippen LogP contribution is 2.53.